The first-order valence-electron chi connectivity index (χ1n) is 7.60. The molecule has 0 radical (unpaired) electrons. The van der Waals surface area contributed by atoms with Crippen LogP contribution < -0.4 is 0 Å². The average molecular weight is 283 g/mol. The zero-order chi connectivity index (χ0) is 14.7. The number of rotatable bonds is 4. The molecule has 0 aliphatic heterocycles. The highest BCUT2D eigenvalue weighted by atomic mass is 16.2. The van der Waals surface area contributed by atoms with Crippen molar-refractivity contribution in [1.82, 2.24) is 14.7 Å². The van der Waals surface area contributed by atoms with Crippen LogP contribution in [0.15, 0.2) is 42.7 Å². The van der Waals surface area contributed by atoms with E-state index in [1.54, 1.807) is 10.9 Å². The van der Waals surface area contributed by atoms with Gasteiger partial charge in [-0.1, -0.05) is 25.0 Å². The van der Waals surface area contributed by atoms with E-state index in [1.807, 2.05) is 48.5 Å². The number of amides is 1. The number of hydrogen-bond acceptors (Lipinski definition) is 2. The lowest BCUT2D eigenvalue weighted by atomic mass is 10.1. The Labute approximate surface area is 125 Å². The highest BCUT2D eigenvalue weighted by molar-refractivity contribution is 5.97. The fourth-order valence-corrected chi connectivity index (χ4v) is 3.13. The SMILES string of the molecule is CN(CC1CCCC1)C(=O)c1ccccc1-n1cccn1. The summed E-state index contributed by atoms with van der Waals surface area (Å²) in [5.41, 5.74) is 1.55. The predicted molar refractivity (Wildman–Crippen MR) is 82.5 cm³/mol. The summed E-state index contributed by atoms with van der Waals surface area (Å²) in [6.45, 7) is 0.853. The second-order valence-electron chi connectivity index (χ2n) is 5.80. The van der Waals surface area contributed by atoms with Gasteiger partial charge < -0.3 is 4.90 Å². The molecule has 0 bridgehead atoms. The van der Waals surface area contributed by atoms with E-state index >= 15 is 0 Å². The van der Waals surface area contributed by atoms with Gasteiger partial charge in [0.2, 0.25) is 0 Å². The molecule has 0 N–H and O–H groups in total. The van der Waals surface area contributed by atoms with Crippen LogP contribution in [0.2, 0.25) is 0 Å². The van der Waals surface area contributed by atoms with E-state index in [2.05, 4.69) is 5.10 Å². The van der Waals surface area contributed by atoms with E-state index in [-0.39, 0.29) is 5.91 Å². The maximum atomic E-state index is 12.7. The Morgan fingerprint density at radius 3 is 2.76 bits per heavy atom. The summed E-state index contributed by atoms with van der Waals surface area (Å²) in [4.78, 5) is 14.6. The Morgan fingerprint density at radius 2 is 2.05 bits per heavy atom. The molecular formula is C17H21N3O. The number of benzene rings is 1. The molecule has 1 fully saturated rings. The molecule has 3 rings (SSSR count). The van der Waals surface area contributed by atoms with Gasteiger partial charge in [0.15, 0.2) is 0 Å². The Bertz CT molecular complexity index is 600. The quantitative estimate of drug-likeness (QED) is 0.864. The predicted octanol–water partition coefficient (Wildman–Crippen LogP) is 3.13. The standard InChI is InChI=1S/C17H21N3O/c1-19(13-14-7-2-3-8-14)17(21)15-9-4-5-10-16(15)20-12-6-11-18-20/h4-6,9-12,14H,2-3,7-8,13H2,1H3. The van der Waals surface area contributed by atoms with Crippen molar-refractivity contribution >= 4 is 5.91 Å². The van der Waals surface area contributed by atoms with Crippen LogP contribution in [0.1, 0.15) is 36.0 Å². The Balaban J connectivity index is 1.81. The zero-order valence-electron chi connectivity index (χ0n) is 12.4. The molecule has 1 saturated carbocycles. The highest BCUT2D eigenvalue weighted by Crippen LogP contribution is 2.26. The van der Waals surface area contributed by atoms with E-state index in [1.165, 1.54) is 25.7 Å². The van der Waals surface area contributed by atoms with Gasteiger partial charge in [0.1, 0.15) is 0 Å². The molecule has 2 aromatic rings. The molecule has 1 aliphatic rings. The van der Waals surface area contributed by atoms with Gasteiger partial charge in [0.05, 0.1) is 11.3 Å². The minimum atomic E-state index is 0.0769. The molecule has 1 aromatic carbocycles. The average Bonchev–Trinajstić information content (AvgIpc) is 3.19. The number of hydrogen-bond donors (Lipinski definition) is 0. The largest absolute Gasteiger partial charge is 0.341 e. The van der Waals surface area contributed by atoms with Gasteiger partial charge in [0, 0.05) is 26.0 Å². The molecule has 21 heavy (non-hydrogen) atoms. The number of carbonyl (C=O) groups excluding carboxylic acids is 1. The van der Waals surface area contributed by atoms with Crippen molar-refractivity contribution in [3.05, 3.63) is 48.3 Å². The first-order chi connectivity index (χ1) is 10.3. The summed E-state index contributed by atoms with van der Waals surface area (Å²) in [7, 11) is 1.90. The summed E-state index contributed by atoms with van der Waals surface area (Å²) in [6.07, 6.45) is 8.69. The van der Waals surface area contributed by atoms with E-state index in [0.717, 1.165) is 12.2 Å². The van der Waals surface area contributed by atoms with Gasteiger partial charge in [-0.2, -0.15) is 5.10 Å². The van der Waals surface area contributed by atoms with Crippen molar-refractivity contribution in [2.45, 2.75) is 25.7 Å². The fraction of sp³-hybridized carbons (Fsp3) is 0.412. The number of aromatic nitrogens is 2. The van der Waals surface area contributed by atoms with E-state index in [4.69, 9.17) is 0 Å². The van der Waals surface area contributed by atoms with Crippen molar-refractivity contribution < 1.29 is 4.79 Å². The van der Waals surface area contributed by atoms with Crippen LogP contribution in [0.3, 0.4) is 0 Å². The van der Waals surface area contributed by atoms with Gasteiger partial charge in [-0.05, 0) is 37.0 Å². The van der Waals surface area contributed by atoms with E-state index < -0.39 is 0 Å². The summed E-state index contributed by atoms with van der Waals surface area (Å²) < 4.78 is 1.75. The van der Waals surface area contributed by atoms with Crippen LogP contribution in [0, 0.1) is 5.92 Å². The summed E-state index contributed by atoms with van der Waals surface area (Å²) >= 11 is 0. The molecule has 1 aromatic heterocycles. The van der Waals surface area contributed by atoms with Crippen molar-refractivity contribution in [2.75, 3.05) is 13.6 Å². The van der Waals surface area contributed by atoms with Crippen molar-refractivity contribution in [2.24, 2.45) is 5.92 Å². The first-order valence-corrected chi connectivity index (χ1v) is 7.60. The summed E-state index contributed by atoms with van der Waals surface area (Å²) in [6, 6.07) is 9.52. The smallest absolute Gasteiger partial charge is 0.255 e. The molecule has 4 nitrogen and oxygen atoms in total. The molecule has 1 heterocycles. The first kappa shape index (κ1) is 13.9. The molecule has 1 aliphatic carbocycles. The third-order valence-corrected chi connectivity index (χ3v) is 4.24. The number of para-hydroxylation sites is 1. The minimum Gasteiger partial charge on any atom is -0.341 e. The van der Waals surface area contributed by atoms with E-state index in [0.29, 0.717) is 11.5 Å². The van der Waals surface area contributed by atoms with Gasteiger partial charge in [0.25, 0.3) is 5.91 Å². The highest BCUT2D eigenvalue weighted by Gasteiger charge is 2.22. The maximum Gasteiger partial charge on any atom is 0.255 e. The van der Waals surface area contributed by atoms with Crippen molar-refractivity contribution in [3.8, 4) is 5.69 Å². The van der Waals surface area contributed by atoms with Gasteiger partial charge >= 0.3 is 0 Å². The van der Waals surface area contributed by atoms with Crippen LogP contribution in [0.5, 0.6) is 0 Å². The van der Waals surface area contributed by atoms with Crippen LogP contribution in [-0.4, -0.2) is 34.2 Å². The van der Waals surface area contributed by atoms with Gasteiger partial charge in [-0.25, -0.2) is 4.68 Å². The van der Waals surface area contributed by atoms with Crippen molar-refractivity contribution in [3.63, 3.8) is 0 Å². The normalized spacial score (nSPS) is 15.3. The lowest BCUT2D eigenvalue weighted by molar-refractivity contribution is 0.0773. The third kappa shape index (κ3) is 2.99. The molecule has 1 amide bonds. The molecule has 110 valence electrons. The topological polar surface area (TPSA) is 38.1 Å². The second kappa shape index (κ2) is 6.12. The van der Waals surface area contributed by atoms with Crippen LogP contribution in [0.4, 0.5) is 0 Å². The molecule has 0 atom stereocenters. The lowest BCUT2D eigenvalue weighted by Gasteiger charge is -2.22. The molecule has 0 saturated heterocycles. The number of carbonyl (C=O) groups is 1. The van der Waals surface area contributed by atoms with Crippen molar-refractivity contribution in [1.29, 1.82) is 0 Å². The van der Waals surface area contributed by atoms with Crippen LogP contribution >= 0.6 is 0 Å². The zero-order valence-corrected chi connectivity index (χ0v) is 12.4. The van der Waals surface area contributed by atoms with Crippen LogP contribution in [0.25, 0.3) is 5.69 Å². The molecule has 4 heteroatoms. The fourth-order valence-electron chi connectivity index (χ4n) is 3.13. The summed E-state index contributed by atoms with van der Waals surface area (Å²) in [5.74, 6) is 0.740. The minimum absolute atomic E-state index is 0.0769. The molecule has 0 spiro atoms. The Kier molecular flexibility index (Phi) is 4.04. The second-order valence-corrected chi connectivity index (χ2v) is 5.80. The number of nitrogens with zero attached hydrogens (tertiary/aromatic N) is 3. The summed E-state index contributed by atoms with van der Waals surface area (Å²) in [5, 5.41) is 4.24. The van der Waals surface area contributed by atoms with E-state index in [9.17, 15) is 4.79 Å². The third-order valence-electron chi connectivity index (χ3n) is 4.24. The Morgan fingerprint density at radius 1 is 1.29 bits per heavy atom. The van der Waals surface area contributed by atoms with Gasteiger partial charge in [-0.15, -0.1) is 0 Å². The molecule has 0 unspecified atom stereocenters. The van der Waals surface area contributed by atoms with Gasteiger partial charge in [-0.3, -0.25) is 4.79 Å². The lowest BCUT2D eigenvalue weighted by Crippen LogP contribution is -2.31. The monoisotopic (exact) mass is 283 g/mol. The maximum absolute atomic E-state index is 12.7. The van der Waals surface area contributed by atoms with Crippen LogP contribution in [-0.2, 0) is 0 Å². The Hall–Kier alpha value is -2.10. The molecular weight excluding hydrogens is 262 g/mol.